The van der Waals surface area contributed by atoms with Gasteiger partial charge < -0.3 is 5.11 Å². The van der Waals surface area contributed by atoms with Crippen LogP contribution in [0.3, 0.4) is 0 Å². The van der Waals surface area contributed by atoms with Gasteiger partial charge >= 0.3 is 0 Å². The van der Waals surface area contributed by atoms with Gasteiger partial charge in [-0.3, -0.25) is 4.79 Å². The zero-order valence-electron chi connectivity index (χ0n) is 13.0. The summed E-state index contributed by atoms with van der Waals surface area (Å²) in [6, 6.07) is 9.37. The zero-order valence-corrected chi connectivity index (χ0v) is 13.0. The van der Waals surface area contributed by atoms with E-state index in [4.69, 9.17) is 0 Å². The van der Waals surface area contributed by atoms with Crippen LogP contribution in [0.2, 0.25) is 0 Å². The third-order valence-corrected chi connectivity index (χ3v) is 3.51. The standard InChI is InChI=1S/C17H22N2O2/c1-12-9-16(21)19(18-10-12)11-15(20)13-5-7-14(8-6-13)17(2,3)4/h5-10,15,20H,11H2,1-4H3. The summed E-state index contributed by atoms with van der Waals surface area (Å²) in [4.78, 5) is 11.8. The molecule has 0 aliphatic carbocycles. The summed E-state index contributed by atoms with van der Waals surface area (Å²) in [5.41, 5.74) is 2.71. The molecule has 1 aromatic carbocycles. The number of benzene rings is 1. The van der Waals surface area contributed by atoms with E-state index in [1.54, 1.807) is 6.20 Å². The van der Waals surface area contributed by atoms with Gasteiger partial charge in [-0.2, -0.15) is 5.10 Å². The van der Waals surface area contributed by atoms with Crippen molar-refractivity contribution in [2.24, 2.45) is 0 Å². The van der Waals surface area contributed by atoms with Gasteiger partial charge in [0.05, 0.1) is 18.8 Å². The van der Waals surface area contributed by atoms with E-state index in [1.165, 1.54) is 16.3 Å². The lowest BCUT2D eigenvalue weighted by molar-refractivity contribution is 0.149. The molecule has 1 aromatic heterocycles. The van der Waals surface area contributed by atoms with Gasteiger partial charge in [0.1, 0.15) is 0 Å². The first kappa shape index (κ1) is 15.4. The van der Waals surface area contributed by atoms with Crippen LogP contribution in [0, 0.1) is 6.92 Å². The smallest absolute Gasteiger partial charge is 0.267 e. The molecule has 0 amide bonds. The van der Waals surface area contributed by atoms with Crippen LogP contribution >= 0.6 is 0 Å². The van der Waals surface area contributed by atoms with Crippen molar-refractivity contribution in [1.29, 1.82) is 0 Å². The first-order chi connectivity index (χ1) is 9.77. The van der Waals surface area contributed by atoms with Crippen LogP contribution in [-0.2, 0) is 12.0 Å². The molecule has 4 heteroatoms. The predicted molar refractivity (Wildman–Crippen MR) is 83.3 cm³/mol. The molecule has 0 aliphatic heterocycles. The molecule has 1 heterocycles. The third kappa shape index (κ3) is 3.79. The molecular weight excluding hydrogens is 264 g/mol. The highest BCUT2D eigenvalue weighted by atomic mass is 16.3. The molecule has 2 rings (SSSR count). The Morgan fingerprint density at radius 3 is 2.38 bits per heavy atom. The van der Waals surface area contributed by atoms with Gasteiger partial charge in [0.2, 0.25) is 0 Å². The Kier molecular flexibility index (Phi) is 4.28. The predicted octanol–water partition coefficient (Wildman–Crippen LogP) is 2.58. The molecule has 0 fully saturated rings. The Balaban J connectivity index is 2.17. The second-order valence-electron chi connectivity index (χ2n) is 6.44. The van der Waals surface area contributed by atoms with Gasteiger partial charge in [0.15, 0.2) is 0 Å². The fourth-order valence-corrected chi connectivity index (χ4v) is 2.14. The van der Waals surface area contributed by atoms with Crippen LogP contribution in [0.1, 0.15) is 43.6 Å². The average molecular weight is 286 g/mol. The maximum atomic E-state index is 11.8. The van der Waals surface area contributed by atoms with E-state index in [1.807, 2.05) is 31.2 Å². The summed E-state index contributed by atoms with van der Waals surface area (Å²) in [6.45, 7) is 8.42. The van der Waals surface area contributed by atoms with Crippen LogP contribution in [0.4, 0.5) is 0 Å². The van der Waals surface area contributed by atoms with Crippen molar-refractivity contribution in [3.8, 4) is 0 Å². The fraction of sp³-hybridized carbons (Fsp3) is 0.412. The largest absolute Gasteiger partial charge is 0.386 e. The van der Waals surface area contributed by atoms with Crippen molar-refractivity contribution >= 4 is 0 Å². The minimum atomic E-state index is -0.744. The second-order valence-corrected chi connectivity index (χ2v) is 6.44. The van der Waals surface area contributed by atoms with Crippen LogP contribution in [0.25, 0.3) is 0 Å². The van der Waals surface area contributed by atoms with Gasteiger partial charge in [0, 0.05) is 6.07 Å². The number of rotatable bonds is 3. The highest BCUT2D eigenvalue weighted by Gasteiger charge is 2.15. The normalized spacial score (nSPS) is 13.2. The van der Waals surface area contributed by atoms with Gasteiger partial charge in [-0.25, -0.2) is 4.68 Å². The van der Waals surface area contributed by atoms with Crippen LogP contribution < -0.4 is 5.56 Å². The second kappa shape index (κ2) is 5.82. The van der Waals surface area contributed by atoms with Gasteiger partial charge in [-0.05, 0) is 29.0 Å². The van der Waals surface area contributed by atoms with Crippen LogP contribution in [0.15, 0.2) is 41.3 Å². The number of nitrogens with zero attached hydrogens (tertiary/aromatic N) is 2. The molecule has 0 radical (unpaired) electrons. The highest BCUT2D eigenvalue weighted by Crippen LogP contribution is 2.24. The quantitative estimate of drug-likeness (QED) is 0.943. The van der Waals surface area contributed by atoms with E-state index in [9.17, 15) is 9.90 Å². The van der Waals surface area contributed by atoms with E-state index < -0.39 is 6.10 Å². The Hall–Kier alpha value is -1.94. The molecular formula is C17H22N2O2. The van der Waals surface area contributed by atoms with Gasteiger partial charge in [-0.1, -0.05) is 45.0 Å². The number of aliphatic hydroxyl groups excluding tert-OH is 1. The highest BCUT2D eigenvalue weighted by molar-refractivity contribution is 5.28. The number of hydrogen-bond acceptors (Lipinski definition) is 3. The first-order valence-electron chi connectivity index (χ1n) is 7.09. The summed E-state index contributed by atoms with van der Waals surface area (Å²) in [5, 5.41) is 14.3. The molecule has 0 aliphatic rings. The third-order valence-electron chi connectivity index (χ3n) is 3.51. The Bertz CT molecular complexity index is 666. The Morgan fingerprint density at radius 2 is 1.86 bits per heavy atom. The van der Waals surface area contributed by atoms with Crippen LogP contribution in [-0.4, -0.2) is 14.9 Å². The summed E-state index contributed by atoms with van der Waals surface area (Å²) in [5.74, 6) is 0. The van der Waals surface area contributed by atoms with E-state index in [0.29, 0.717) is 0 Å². The molecule has 4 nitrogen and oxygen atoms in total. The minimum absolute atomic E-state index is 0.0823. The molecule has 2 aromatic rings. The van der Waals surface area contributed by atoms with Crippen molar-refractivity contribution in [1.82, 2.24) is 9.78 Å². The molecule has 0 bridgehead atoms. The minimum Gasteiger partial charge on any atom is -0.386 e. The van der Waals surface area contributed by atoms with E-state index in [0.717, 1.165) is 11.1 Å². The van der Waals surface area contributed by atoms with Crippen molar-refractivity contribution in [3.63, 3.8) is 0 Å². The molecule has 112 valence electrons. The van der Waals surface area contributed by atoms with Crippen molar-refractivity contribution in [3.05, 3.63) is 63.6 Å². The molecule has 1 N–H and O–H groups in total. The summed E-state index contributed by atoms with van der Waals surface area (Å²) in [7, 11) is 0. The van der Waals surface area contributed by atoms with Gasteiger partial charge in [0.25, 0.3) is 5.56 Å². The number of aryl methyl sites for hydroxylation is 1. The maximum Gasteiger partial charge on any atom is 0.267 e. The molecule has 1 atom stereocenters. The maximum absolute atomic E-state index is 11.8. The summed E-state index contributed by atoms with van der Waals surface area (Å²) in [6.07, 6.45) is 0.878. The summed E-state index contributed by atoms with van der Waals surface area (Å²) >= 11 is 0. The number of aliphatic hydroxyl groups is 1. The average Bonchev–Trinajstić information content (AvgIpc) is 2.41. The molecule has 0 saturated heterocycles. The molecule has 21 heavy (non-hydrogen) atoms. The van der Waals surface area contributed by atoms with E-state index in [2.05, 4.69) is 25.9 Å². The Labute approximate surface area is 125 Å². The first-order valence-corrected chi connectivity index (χ1v) is 7.09. The lowest BCUT2D eigenvalue weighted by Gasteiger charge is -2.20. The topological polar surface area (TPSA) is 55.1 Å². The van der Waals surface area contributed by atoms with E-state index in [-0.39, 0.29) is 17.5 Å². The van der Waals surface area contributed by atoms with Crippen molar-refractivity contribution in [2.45, 2.75) is 45.8 Å². The summed E-state index contributed by atoms with van der Waals surface area (Å²) < 4.78 is 1.29. The lowest BCUT2D eigenvalue weighted by Crippen LogP contribution is -2.25. The van der Waals surface area contributed by atoms with Gasteiger partial charge in [-0.15, -0.1) is 0 Å². The zero-order chi connectivity index (χ0) is 15.6. The van der Waals surface area contributed by atoms with Crippen molar-refractivity contribution in [2.75, 3.05) is 0 Å². The number of aromatic nitrogens is 2. The molecule has 1 unspecified atom stereocenters. The number of hydrogen-bond donors (Lipinski definition) is 1. The lowest BCUT2D eigenvalue weighted by atomic mass is 9.86. The van der Waals surface area contributed by atoms with E-state index >= 15 is 0 Å². The monoisotopic (exact) mass is 286 g/mol. The molecule has 0 saturated carbocycles. The SMILES string of the molecule is Cc1cnn(CC(O)c2ccc(C(C)(C)C)cc2)c(=O)c1. The van der Waals surface area contributed by atoms with Crippen molar-refractivity contribution < 1.29 is 5.11 Å². The van der Waals surface area contributed by atoms with Crippen LogP contribution in [0.5, 0.6) is 0 Å². The Morgan fingerprint density at radius 1 is 1.24 bits per heavy atom. The fourth-order valence-electron chi connectivity index (χ4n) is 2.14. The molecule has 0 spiro atoms.